The number of rotatable bonds is 7. The van der Waals surface area contributed by atoms with Crippen LogP contribution in [0.15, 0.2) is 0 Å². The molecule has 0 saturated heterocycles. The molecule has 12 nitrogen and oxygen atoms in total. The van der Waals surface area contributed by atoms with Crippen LogP contribution in [0.3, 0.4) is 0 Å². The number of aliphatic hydroxyl groups excluding tert-OH is 5. The van der Waals surface area contributed by atoms with Crippen molar-refractivity contribution in [2.45, 2.75) is 133 Å². The molecule has 0 aromatic heterocycles. The summed E-state index contributed by atoms with van der Waals surface area (Å²) >= 11 is 0. The zero-order valence-electron chi connectivity index (χ0n) is 23.9. The standard InChI is InChI=1S/C27H48O12S/c1-13(2)16(28)7-6-14(3)15-12-19(30)27(35)23(15,4)11-9-18-24(5)10-8-17(29)20(31)26(24,34)22(39-40(36,37)38)21(32)25(18,27)33/h13-22,28-35H,6-12H2,1-5H3,(H,36,37,38). The Balaban J connectivity index is 1.83. The van der Waals surface area contributed by atoms with Gasteiger partial charge in [0.15, 0.2) is 0 Å². The highest BCUT2D eigenvalue weighted by molar-refractivity contribution is 7.80. The summed E-state index contributed by atoms with van der Waals surface area (Å²) in [7, 11) is -5.39. The average molecular weight is 597 g/mol. The van der Waals surface area contributed by atoms with Crippen molar-refractivity contribution in [1.82, 2.24) is 0 Å². The molecule has 0 aromatic carbocycles. The SMILES string of the molecule is CC(C)C(O)CCC(C)C1CC(O)C2(O)C1(C)CCC1C3(C)CCC(O)C(O)C3(O)C(OS(=O)(=O)O)C(O)C12O. The lowest BCUT2D eigenvalue weighted by atomic mass is 9.38. The van der Waals surface area contributed by atoms with Gasteiger partial charge >= 0.3 is 10.4 Å². The van der Waals surface area contributed by atoms with E-state index in [9.17, 15) is 53.8 Å². The Hall–Kier alpha value is -0.450. The Morgan fingerprint density at radius 1 is 0.875 bits per heavy atom. The van der Waals surface area contributed by atoms with E-state index in [2.05, 4.69) is 0 Å². The van der Waals surface area contributed by atoms with Gasteiger partial charge in [0.05, 0.1) is 18.3 Å². The van der Waals surface area contributed by atoms with Crippen molar-refractivity contribution in [1.29, 1.82) is 0 Å². The summed E-state index contributed by atoms with van der Waals surface area (Å²) < 4.78 is 38.2. The van der Waals surface area contributed by atoms with Crippen LogP contribution in [0.25, 0.3) is 0 Å². The van der Waals surface area contributed by atoms with E-state index in [1.807, 2.05) is 20.8 Å². The lowest BCUT2D eigenvalue weighted by molar-refractivity contribution is -0.397. The summed E-state index contributed by atoms with van der Waals surface area (Å²) in [6.45, 7) is 8.93. The van der Waals surface area contributed by atoms with Gasteiger partial charge in [-0.05, 0) is 62.7 Å². The molecule has 4 saturated carbocycles. The van der Waals surface area contributed by atoms with Crippen LogP contribution in [0, 0.1) is 34.5 Å². The van der Waals surface area contributed by atoms with Crippen LogP contribution in [-0.2, 0) is 14.6 Å². The highest BCUT2D eigenvalue weighted by Crippen LogP contribution is 2.72. The fourth-order valence-electron chi connectivity index (χ4n) is 9.54. The van der Waals surface area contributed by atoms with Gasteiger partial charge in [-0.3, -0.25) is 4.55 Å². The van der Waals surface area contributed by atoms with Crippen molar-refractivity contribution in [3.63, 3.8) is 0 Å². The molecule has 4 aliphatic carbocycles. The Morgan fingerprint density at radius 2 is 1.45 bits per heavy atom. The molecule has 4 aliphatic rings. The lowest BCUT2D eigenvalue weighted by Gasteiger charge is -2.72. The average Bonchev–Trinajstić information content (AvgIpc) is 3.07. The van der Waals surface area contributed by atoms with Gasteiger partial charge in [-0.1, -0.05) is 34.6 Å². The molecule has 4 rings (SSSR count). The highest BCUT2D eigenvalue weighted by atomic mass is 32.3. The van der Waals surface area contributed by atoms with Crippen LogP contribution in [0.2, 0.25) is 0 Å². The van der Waals surface area contributed by atoms with Gasteiger partial charge in [0, 0.05) is 16.7 Å². The van der Waals surface area contributed by atoms with Crippen molar-refractivity contribution in [2.24, 2.45) is 34.5 Å². The van der Waals surface area contributed by atoms with Gasteiger partial charge < -0.3 is 40.9 Å². The van der Waals surface area contributed by atoms with Crippen LogP contribution < -0.4 is 0 Å². The second-order valence-electron chi connectivity index (χ2n) is 14.0. The molecule has 14 atom stereocenters. The number of aliphatic hydroxyl groups is 8. The smallest absolute Gasteiger partial charge is 0.393 e. The van der Waals surface area contributed by atoms with Crippen LogP contribution >= 0.6 is 0 Å². The zero-order chi connectivity index (χ0) is 30.4. The Bertz CT molecular complexity index is 1070. The monoisotopic (exact) mass is 596 g/mol. The summed E-state index contributed by atoms with van der Waals surface area (Å²) in [4.78, 5) is 0. The molecule has 234 valence electrons. The lowest BCUT2D eigenvalue weighted by Crippen LogP contribution is -2.88. The van der Waals surface area contributed by atoms with Crippen molar-refractivity contribution in [2.75, 3.05) is 0 Å². The molecule has 0 radical (unpaired) electrons. The second kappa shape index (κ2) is 10.0. The first kappa shape index (κ1) is 32.5. The molecular weight excluding hydrogens is 548 g/mol. The van der Waals surface area contributed by atoms with Crippen LogP contribution in [-0.4, -0.2) is 107 Å². The summed E-state index contributed by atoms with van der Waals surface area (Å²) in [5, 5.41) is 92.0. The van der Waals surface area contributed by atoms with E-state index in [1.54, 1.807) is 6.92 Å². The molecule has 0 amide bonds. The third-order valence-corrected chi connectivity index (χ3v) is 12.4. The third kappa shape index (κ3) is 4.10. The Morgan fingerprint density at radius 3 is 2.00 bits per heavy atom. The summed E-state index contributed by atoms with van der Waals surface area (Å²) in [6.07, 6.45) is -9.05. The van der Waals surface area contributed by atoms with E-state index in [0.717, 1.165) is 0 Å². The molecule has 0 aromatic rings. The second-order valence-corrected chi connectivity index (χ2v) is 15.1. The number of hydrogen-bond donors (Lipinski definition) is 9. The highest BCUT2D eigenvalue weighted by Gasteiger charge is 2.84. The summed E-state index contributed by atoms with van der Waals surface area (Å²) in [5.74, 6) is -1.61. The summed E-state index contributed by atoms with van der Waals surface area (Å²) in [6, 6.07) is 0. The van der Waals surface area contributed by atoms with Gasteiger partial charge in [-0.25, -0.2) is 4.18 Å². The van der Waals surface area contributed by atoms with Crippen molar-refractivity contribution in [3.8, 4) is 0 Å². The predicted octanol–water partition coefficient (Wildman–Crippen LogP) is -0.506. The number of fused-ring (bicyclic) bond motifs is 5. The van der Waals surface area contributed by atoms with Crippen LogP contribution in [0.5, 0.6) is 0 Å². The fourth-order valence-corrected chi connectivity index (χ4v) is 10.1. The first-order valence-electron chi connectivity index (χ1n) is 14.4. The van der Waals surface area contributed by atoms with E-state index in [1.165, 1.54) is 6.92 Å². The molecule has 0 bridgehead atoms. The third-order valence-electron chi connectivity index (χ3n) is 12.0. The Labute approximate surface area is 236 Å². The molecule has 0 spiro atoms. The molecule has 0 aliphatic heterocycles. The maximum atomic E-state index is 12.5. The normalized spacial score (nSPS) is 52.5. The van der Waals surface area contributed by atoms with E-state index >= 15 is 0 Å². The maximum absolute atomic E-state index is 12.5. The van der Waals surface area contributed by atoms with E-state index in [-0.39, 0.29) is 49.9 Å². The van der Waals surface area contributed by atoms with Crippen LogP contribution in [0.1, 0.15) is 79.6 Å². The number of hydrogen-bond acceptors (Lipinski definition) is 11. The van der Waals surface area contributed by atoms with Gasteiger partial charge in [-0.2, -0.15) is 8.42 Å². The molecule has 9 N–H and O–H groups in total. The van der Waals surface area contributed by atoms with E-state index < -0.39 is 80.6 Å². The topological polar surface area (TPSA) is 225 Å². The van der Waals surface area contributed by atoms with E-state index in [0.29, 0.717) is 12.8 Å². The molecule has 40 heavy (non-hydrogen) atoms. The first-order valence-corrected chi connectivity index (χ1v) is 15.7. The van der Waals surface area contributed by atoms with Gasteiger partial charge in [0.2, 0.25) is 0 Å². The largest absolute Gasteiger partial charge is 0.397 e. The maximum Gasteiger partial charge on any atom is 0.397 e. The molecule has 4 fully saturated rings. The summed E-state index contributed by atoms with van der Waals surface area (Å²) in [5.41, 5.74) is -10.5. The van der Waals surface area contributed by atoms with Gasteiger partial charge in [0.1, 0.15) is 35.1 Å². The van der Waals surface area contributed by atoms with Crippen molar-refractivity contribution in [3.05, 3.63) is 0 Å². The van der Waals surface area contributed by atoms with Gasteiger partial charge in [0.25, 0.3) is 0 Å². The molecular formula is C27H48O12S. The van der Waals surface area contributed by atoms with Gasteiger partial charge in [-0.15, -0.1) is 0 Å². The van der Waals surface area contributed by atoms with E-state index in [4.69, 9.17) is 4.18 Å². The minimum Gasteiger partial charge on any atom is -0.393 e. The minimum absolute atomic E-state index is 0.0443. The van der Waals surface area contributed by atoms with Crippen LogP contribution in [0.4, 0.5) is 0 Å². The minimum atomic E-state index is -5.39. The van der Waals surface area contributed by atoms with Crippen molar-refractivity contribution >= 4 is 10.4 Å². The quantitative estimate of drug-likeness (QED) is 0.170. The molecule has 13 heteroatoms. The van der Waals surface area contributed by atoms with Crippen molar-refractivity contribution < 1.29 is 58.0 Å². The first-order chi connectivity index (χ1) is 18.1. The predicted molar refractivity (Wildman–Crippen MR) is 141 cm³/mol. The fraction of sp³-hybridized carbons (Fsp3) is 1.00. The Kier molecular flexibility index (Phi) is 8.15. The zero-order valence-corrected chi connectivity index (χ0v) is 24.7. The molecule has 14 unspecified atom stereocenters. The molecule has 0 heterocycles.